The molecule has 0 aromatic rings. The summed E-state index contributed by atoms with van der Waals surface area (Å²) in [6.07, 6.45) is -3.56. The van der Waals surface area contributed by atoms with E-state index in [1.807, 2.05) is 0 Å². The Balaban J connectivity index is 0. The maximum absolute atomic E-state index is 12.2. The van der Waals surface area contributed by atoms with Crippen LogP contribution in [0.4, 0.5) is 13.2 Å². The molecule has 1 rings (SSSR count). The predicted octanol–water partition coefficient (Wildman–Crippen LogP) is -1.38. The minimum Gasteiger partial charge on any atom is -1.00 e. The van der Waals surface area contributed by atoms with Gasteiger partial charge in [-0.1, -0.05) is 0 Å². The number of alkyl halides is 3. The molecular weight excluding hydrogens is 233 g/mol. The van der Waals surface area contributed by atoms with Gasteiger partial charge in [-0.05, 0) is 0 Å². The summed E-state index contributed by atoms with van der Waals surface area (Å²) in [5.41, 5.74) is 0. The second kappa shape index (κ2) is 6.54. The number of hydrogen-bond acceptors (Lipinski definition) is 0. The first-order valence-electron chi connectivity index (χ1n) is 2.95. The van der Waals surface area contributed by atoms with Crippen LogP contribution < -0.4 is 17.0 Å². The molecule has 0 nitrogen and oxygen atoms in total. The molecule has 0 heterocycles. The van der Waals surface area contributed by atoms with Crippen LogP contribution in [0.15, 0.2) is 0 Å². The van der Waals surface area contributed by atoms with Crippen LogP contribution in [0.2, 0.25) is 0 Å². The van der Waals surface area contributed by atoms with Crippen LogP contribution in [-0.2, 0) is 0 Å². The van der Waals surface area contributed by atoms with Crippen molar-refractivity contribution in [3.63, 3.8) is 0 Å². The van der Waals surface area contributed by atoms with E-state index < -0.39 is 18.5 Å². The fourth-order valence-electron chi connectivity index (χ4n) is 0.901. The summed E-state index contributed by atoms with van der Waals surface area (Å²) in [6, 6.07) is 0. The average molecular weight is 241 g/mol. The molecule has 62 valence electrons. The van der Waals surface area contributed by atoms with E-state index in [0.29, 0.717) is 0 Å². The average Bonchev–Trinajstić information content (AvgIpc) is 1.83. The molecule has 1 saturated carbocycles. The van der Waals surface area contributed by atoms with Crippen LogP contribution in [0.1, 0.15) is 12.8 Å². The largest absolute Gasteiger partial charge is 2.00 e. The van der Waals surface area contributed by atoms with E-state index in [-0.39, 0.29) is 52.9 Å². The molecule has 0 bridgehead atoms. The van der Waals surface area contributed by atoms with Crippen molar-refractivity contribution in [1.29, 1.82) is 0 Å². The Morgan fingerprint density at radius 1 is 1.00 bits per heavy atom. The van der Waals surface area contributed by atoms with Gasteiger partial charge in [0.15, 0.2) is 6.17 Å². The smallest absolute Gasteiger partial charge is 1.00 e. The van der Waals surface area contributed by atoms with E-state index in [4.69, 9.17) is 0 Å². The van der Waals surface area contributed by atoms with Gasteiger partial charge in [0.2, 0.25) is 0 Å². The van der Waals surface area contributed by atoms with Crippen LogP contribution >= 0.6 is 0 Å². The fourth-order valence-corrected chi connectivity index (χ4v) is 0.901. The third-order valence-electron chi connectivity index (χ3n) is 1.47. The van der Waals surface area contributed by atoms with Crippen molar-refractivity contribution >= 4 is 23.1 Å². The molecule has 0 N–H and O–H groups in total. The van der Waals surface area contributed by atoms with Gasteiger partial charge in [-0.15, -0.1) is 12.8 Å². The Kier molecular flexibility index (Phi) is 8.65. The summed E-state index contributed by atoms with van der Waals surface area (Å²) < 4.78 is 36.6. The second-order valence-corrected chi connectivity index (χ2v) is 2.24. The molecule has 0 spiro atoms. The molecule has 5 heteroatoms. The van der Waals surface area contributed by atoms with Crippen LogP contribution in [0.3, 0.4) is 0 Å². The second-order valence-electron chi connectivity index (χ2n) is 2.24. The zero-order valence-corrected chi connectivity index (χ0v) is 8.94. The van der Waals surface area contributed by atoms with Gasteiger partial charge in [0, 0.05) is 0 Å². The van der Waals surface area contributed by atoms with Gasteiger partial charge in [-0.25, -0.2) is 13.2 Å². The minimum atomic E-state index is -1.89. The third-order valence-corrected chi connectivity index (χ3v) is 1.47. The van der Waals surface area contributed by atoms with E-state index in [0.717, 1.165) is 0 Å². The zero-order chi connectivity index (χ0) is 6.85. The van der Waals surface area contributed by atoms with Crippen molar-refractivity contribution in [3.05, 3.63) is 6.42 Å². The maximum atomic E-state index is 12.2. The van der Waals surface area contributed by atoms with Crippen molar-refractivity contribution in [1.82, 2.24) is 0 Å². The van der Waals surface area contributed by atoms with Crippen molar-refractivity contribution in [2.24, 2.45) is 0 Å². The van der Waals surface area contributed by atoms with Crippen LogP contribution in [0.5, 0.6) is 0 Å². The molecule has 0 saturated heterocycles. The molecule has 2 atom stereocenters. The SMILES string of the molecule is FC1C[CH-]CC(F)C1F.[Br-].[Mg+2]. The first-order valence-corrected chi connectivity index (χ1v) is 2.95. The topological polar surface area (TPSA) is 0 Å². The van der Waals surface area contributed by atoms with Gasteiger partial charge in [0.25, 0.3) is 0 Å². The summed E-state index contributed by atoms with van der Waals surface area (Å²) in [4.78, 5) is 0. The molecule has 11 heavy (non-hydrogen) atoms. The maximum Gasteiger partial charge on any atom is 2.00 e. The van der Waals surface area contributed by atoms with Gasteiger partial charge in [-0.3, -0.25) is 0 Å². The van der Waals surface area contributed by atoms with E-state index >= 15 is 0 Å². The first-order chi connectivity index (χ1) is 4.22. The predicted molar refractivity (Wildman–Crippen MR) is 34.0 cm³/mol. The van der Waals surface area contributed by atoms with Crippen molar-refractivity contribution in [2.75, 3.05) is 0 Å². The molecule has 0 aliphatic heterocycles. The standard InChI is InChI=1S/C6H8F3.BrH.Mg/c7-4-2-1-3-5(8)6(4)9;;/h1,4-6H,2-3H2;1H;/q-1;;+2/p-1. The van der Waals surface area contributed by atoms with Crippen molar-refractivity contribution < 1.29 is 30.2 Å². The first kappa shape index (κ1) is 14.6. The molecule has 0 radical (unpaired) electrons. The molecule has 1 aliphatic rings. The summed E-state index contributed by atoms with van der Waals surface area (Å²) in [5.74, 6) is 0. The molecule has 0 amide bonds. The van der Waals surface area contributed by atoms with Crippen molar-refractivity contribution in [2.45, 2.75) is 31.4 Å². The summed E-state index contributed by atoms with van der Waals surface area (Å²) in [5, 5.41) is 0. The van der Waals surface area contributed by atoms with Gasteiger partial charge in [0.05, 0.1) is 0 Å². The Bertz CT molecular complexity index is 93.8. The molecule has 0 aromatic heterocycles. The van der Waals surface area contributed by atoms with Crippen LogP contribution in [-0.4, -0.2) is 41.6 Å². The van der Waals surface area contributed by atoms with E-state index in [1.165, 1.54) is 6.42 Å². The summed E-state index contributed by atoms with van der Waals surface area (Å²) in [7, 11) is 0. The van der Waals surface area contributed by atoms with Gasteiger partial charge < -0.3 is 23.4 Å². The number of hydrogen-bond donors (Lipinski definition) is 0. The summed E-state index contributed by atoms with van der Waals surface area (Å²) in [6.45, 7) is 0. The Labute approximate surface area is 90.8 Å². The summed E-state index contributed by atoms with van der Waals surface area (Å²) >= 11 is 0. The van der Waals surface area contributed by atoms with Gasteiger partial charge in [0.1, 0.15) is 12.3 Å². The van der Waals surface area contributed by atoms with Crippen LogP contribution in [0.25, 0.3) is 0 Å². The van der Waals surface area contributed by atoms with Crippen LogP contribution in [0, 0.1) is 6.42 Å². The quantitative estimate of drug-likeness (QED) is 0.362. The van der Waals surface area contributed by atoms with E-state index in [1.54, 1.807) is 0 Å². The molecule has 1 aliphatic carbocycles. The Hall–Kier alpha value is 1.04. The molecule has 1 fully saturated rings. The molecular formula is C6H8BrF3Mg. The van der Waals surface area contributed by atoms with Gasteiger partial charge >= 0.3 is 23.1 Å². The minimum absolute atomic E-state index is 0. The molecule has 2 unspecified atom stereocenters. The van der Waals surface area contributed by atoms with E-state index in [9.17, 15) is 13.2 Å². The number of halogens is 4. The van der Waals surface area contributed by atoms with Crippen molar-refractivity contribution in [3.8, 4) is 0 Å². The van der Waals surface area contributed by atoms with Gasteiger partial charge in [-0.2, -0.15) is 0 Å². The number of rotatable bonds is 0. The fraction of sp³-hybridized carbons (Fsp3) is 0.833. The Morgan fingerprint density at radius 2 is 1.36 bits per heavy atom. The monoisotopic (exact) mass is 240 g/mol. The molecule has 0 aromatic carbocycles. The zero-order valence-electron chi connectivity index (χ0n) is 5.94. The normalized spacial score (nSPS) is 36.8. The van der Waals surface area contributed by atoms with E-state index in [2.05, 4.69) is 0 Å². The third kappa shape index (κ3) is 3.99. The Morgan fingerprint density at radius 3 is 1.64 bits per heavy atom.